The quantitative estimate of drug-likeness (QED) is 0.835. The Hall–Kier alpha value is -0.860. The van der Waals surface area contributed by atoms with Gasteiger partial charge in [-0.05, 0) is 45.3 Å². The minimum atomic E-state index is -0.414. The predicted molar refractivity (Wildman–Crippen MR) is 77.7 cm³/mol. The lowest BCUT2D eigenvalue weighted by molar-refractivity contribution is 0.0703. The van der Waals surface area contributed by atoms with Crippen molar-refractivity contribution in [1.29, 1.82) is 0 Å². The molecule has 2 nitrogen and oxygen atoms in total. The average molecular weight is 249 g/mol. The molecule has 0 spiro atoms. The first-order valence-electron chi connectivity index (χ1n) is 6.86. The molecule has 1 rings (SSSR count). The Morgan fingerprint density at radius 1 is 1.11 bits per heavy atom. The standard InChI is InChI=1S/C16H27NO/c1-12(2)10-11-17(5)14(4)16(18)15-8-6-13(3)7-9-15/h6-9,12,14,16,18H,10-11H2,1-5H3. The number of aryl methyl sites for hydroxylation is 1. The van der Waals surface area contributed by atoms with E-state index in [-0.39, 0.29) is 6.04 Å². The van der Waals surface area contributed by atoms with Gasteiger partial charge in [-0.15, -0.1) is 0 Å². The zero-order valence-corrected chi connectivity index (χ0v) is 12.4. The number of nitrogens with zero attached hydrogens (tertiary/aromatic N) is 1. The summed E-state index contributed by atoms with van der Waals surface area (Å²) < 4.78 is 0. The second-order valence-corrected chi connectivity index (χ2v) is 5.76. The highest BCUT2D eigenvalue weighted by atomic mass is 16.3. The first kappa shape index (κ1) is 15.2. The van der Waals surface area contributed by atoms with Gasteiger partial charge in [-0.2, -0.15) is 0 Å². The first-order chi connectivity index (χ1) is 8.41. The molecule has 0 heterocycles. The number of hydrogen-bond donors (Lipinski definition) is 1. The largest absolute Gasteiger partial charge is 0.387 e. The van der Waals surface area contributed by atoms with E-state index in [1.165, 1.54) is 12.0 Å². The van der Waals surface area contributed by atoms with Crippen LogP contribution in [0.3, 0.4) is 0 Å². The van der Waals surface area contributed by atoms with Crippen LogP contribution in [0.1, 0.15) is 44.4 Å². The summed E-state index contributed by atoms with van der Waals surface area (Å²) in [4.78, 5) is 2.24. The molecule has 102 valence electrons. The Bertz CT molecular complexity index is 345. The van der Waals surface area contributed by atoms with Crippen molar-refractivity contribution in [2.45, 2.75) is 46.3 Å². The number of aliphatic hydroxyl groups is 1. The van der Waals surface area contributed by atoms with Gasteiger partial charge in [-0.25, -0.2) is 0 Å². The number of aliphatic hydroxyl groups excluding tert-OH is 1. The molecule has 1 aromatic rings. The summed E-state index contributed by atoms with van der Waals surface area (Å²) in [5, 5.41) is 10.4. The van der Waals surface area contributed by atoms with Crippen molar-refractivity contribution in [1.82, 2.24) is 4.90 Å². The van der Waals surface area contributed by atoms with Gasteiger partial charge in [-0.1, -0.05) is 43.7 Å². The maximum absolute atomic E-state index is 10.4. The molecule has 0 aliphatic rings. The molecule has 2 heteroatoms. The number of likely N-dealkylation sites (N-methyl/N-ethyl adjacent to an activating group) is 1. The zero-order chi connectivity index (χ0) is 13.7. The molecule has 18 heavy (non-hydrogen) atoms. The van der Waals surface area contributed by atoms with Crippen LogP contribution in [0.4, 0.5) is 0 Å². The van der Waals surface area contributed by atoms with Crippen LogP contribution in [0, 0.1) is 12.8 Å². The second kappa shape index (κ2) is 6.91. The van der Waals surface area contributed by atoms with Crippen molar-refractivity contribution in [3.8, 4) is 0 Å². The minimum Gasteiger partial charge on any atom is -0.387 e. The Morgan fingerprint density at radius 3 is 2.17 bits per heavy atom. The summed E-state index contributed by atoms with van der Waals surface area (Å²) in [5.74, 6) is 0.705. The molecule has 2 unspecified atom stereocenters. The lowest BCUT2D eigenvalue weighted by Crippen LogP contribution is -2.35. The van der Waals surface area contributed by atoms with Crippen molar-refractivity contribution < 1.29 is 5.11 Å². The monoisotopic (exact) mass is 249 g/mol. The van der Waals surface area contributed by atoms with E-state index in [1.807, 2.05) is 12.1 Å². The Morgan fingerprint density at radius 2 is 1.67 bits per heavy atom. The molecular weight excluding hydrogens is 222 g/mol. The van der Waals surface area contributed by atoms with Crippen molar-refractivity contribution in [3.05, 3.63) is 35.4 Å². The summed E-state index contributed by atoms with van der Waals surface area (Å²) in [6.45, 7) is 9.64. The van der Waals surface area contributed by atoms with Crippen molar-refractivity contribution in [2.75, 3.05) is 13.6 Å². The molecule has 0 amide bonds. The summed E-state index contributed by atoms with van der Waals surface area (Å²) in [6, 6.07) is 8.30. The fraction of sp³-hybridized carbons (Fsp3) is 0.625. The van der Waals surface area contributed by atoms with E-state index in [0.29, 0.717) is 5.92 Å². The lowest BCUT2D eigenvalue weighted by Gasteiger charge is -2.29. The topological polar surface area (TPSA) is 23.5 Å². The molecular formula is C16H27NO. The van der Waals surface area contributed by atoms with Gasteiger partial charge < -0.3 is 10.0 Å². The van der Waals surface area contributed by atoms with Crippen LogP contribution in [-0.2, 0) is 0 Å². The maximum atomic E-state index is 10.4. The van der Waals surface area contributed by atoms with Gasteiger partial charge in [0.15, 0.2) is 0 Å². The molecule has 1 N–H and O–H groups in total. The summed E-state index contributed by atoms with van der Waals surface area (Å²) in [5.41, 5.74) is 2.23. The molecule has 0 aliphatic heterocycles. The van der Waals surface area contributed by atoms with E-state index >= 15 is 0 Å². The molecule has 0 saturated carbocycles. The summed E-state index contributed by atoms with van der Waals surface area (Å²) in [6.07, 6.45) is 0.754. The Balaban J connectivity index is 2.59. The highest BCUT2D eigenvalue weighted by Crippen LogP contribution is 2.21. The molecule has 1 aromatic carbocycles. The van der Waals surface area contributed by atoms with Gasteiger partial charge in [0, 0.05) is 6.04 Å². The predicted octanol–water partition coefficient (Wildman–Crippen LogP) is 3.39. The van der Waals surface area contributed by atoms with Crippen LogP contribution in [0.15, 0.2) is 24.3 Å². The molecule has 2 atom stereocenters. The minimum absolute atomic E-state index is 0.145. The van der Waals surface area contributed by atoms with E-state index in [0.717, 1.165) is 12.1 Å². The van der Waals surface area contributed by atoms with Crippen LogP contribution in [0.25, 0.3) is 0 Å². The smallest absolute Gasteiger partial charge is 0.0942 e. The van der Waals surface area contributed by atoms with Crippen LogP contribution in [0.5, 0.6) is 0 Å². The highest BCUT2D eigenvalue weighted by molar-refractivity contribution is 5.23. The molecule has 0 saturated heterocycles. The second-order valence-electron chi connectivity index (χ2n) is 5.76. The molecule has 0 radical (unpaired) electrons. The van der Waals surface area contributed by atoms with Gasteiger partial charge in [-0.3, -0.25) is 0 Å². The van der Waals surface area contributed by atoms with Crippen molar-refractivity contribution in [3.63, 3.8) is 0 Å². The fourth-order valence-corrected chi connectivity index (χ4v) is 1.95. The fourth-order valence-electron chi connectivity index (χ4n) is 1.95. The van der Waals surface area contributed by atoms with Gasteiger partial charge in [0.2, 0.25) is 0 Å². The van der Waals surface area contributed by atoms with Crippen molar-refractivity contribution >= 4 is 0 Å². The number of hydrogen-bond acceptors (Lipinski definition) is 2. The van der Waals surface area contributed by atoms with E-state index in [4.69, 9.17) is 0 Å². The van der Waals surface area contributed by atoms with Crippen LogP contribution in [0.2, 0.25) is 0 Å². The molecule has 0 fully saturated rings. The van der Waals surface area contributed by atoms with Crippen molar-refractivity contribution in [2.24, 2.45) is 5.92 Å². The van der Waals surface area contributed by atoms with Gasteiger partial charge >= 0.3 is 0 Å². The van der Waals surface area contributed by atoms with Crippen LogP contribution < -0.4 is 0 Å². The zero-order valence-electron chi connectivity index (χ0n) is 12.4. The Kier molecular flexibility index (Phi) is 5.83. The SMILES string of the molecule is Cc1ccc(C(O)C(C)N(C)CCC(C)C)cc1. The van der Waals surface area contributed by atoms with E-state index in [9.17, 15) is 5.11 Å². The van der Waals surface area contributed by atoms with E-state index < -0.39 is 6.10 Å². The molecule has 0 aliphatic carbocycles. The van der Waals surface area contributed by atoms with Gasteiger partial charge in [0.25, 0.3) is 0 Å². The number of rotatable bonds is 6. The molecule has 0 aromatic heterocycles. The summed E-state index contributed by atoms with van der Waals surface area (Å²) in [7, 11) is 2.09. The third-order valence-electron chi connectivity index (χ3n) is 3.63. The van der Waals surface area contributed by atoms with Gasteiger partial charge in [0.05, 0.1) is 6.10 Å². The normalized spacial score (nSPS) is 15.1. The number of benzene rings is 1. The van der Waals surface area contributed by atoms with Gasteiger partial charge in [0.1, 0.15) is 0 Å². The highest BCUT2D eigenvalue weighted by Gasteiger charge is 2.20. The van der Waals surface area contributed by atoms with E-state index in [1.54, 1.807) is 0 Å². The van der Waals surface area contributed by atoms with Crippen LogP contribution >= 0.6 is 0 Å². The third kappa shape index (κ3) is 4.43. The van der Waals surface area contributed by atoms with Crippen LogP contribution in [-0.4, -0.2) is 29.6 Å². The Labute approximate surface area is 112 Å². The van der Waals surface area contributed by atoms with E-state index in [2.05, 4.69) is 51.8 Å². The molecule has 0 bridgehead atoms. The summed E-state index contributed by atoms with van der Waals surface area (Å²) >= 11 is 0. The maximum Gasteiger partial charge on any atom is 0.0942 e. The lowest BCUT2D eigenvalue weighted by atomic mass is 10.0. The first-order valence-corrected chi connectivity index (χ1v) is 6.86. The average Bonchev–Trinajstić information content (AvgIpc) is 2.35. The third-order valence-corrected chi connectivity index (χ3v) is 3.63.